The number of thiophene rings is 1. The van der Waals surface area contributed by atoms with E-state index in [1.54, 1.807) is 24.5 Å². The normalized spacial score (nSPS) is 12.7. The first kappa shape index (κ1) is 10.3. The molecule has 0 fully saturated rings. The number of hydrogen-bond donors (Lipinski definition) is 1. The van der Waals surface area contributed by atoms with Gasteiger partial charge in [-0.05, 0) is 25.3 Å². The summed E-state index contributed by atoms with van der Waals surface area (Å²) in [5.41, 5.74) is 2.65. The van der Waals surface area contributed by atoms with E-state index in [2.05, 4.69) is 9.97 Å². The molecular weight excluding hydrogens is 208 g/mol. The van der Waals surface area contributed by atoms with Crippen LogP contribution in [-0.2, 0) is 0 Å². The lowest BCUT2D eigenvalue weighted by Crippen LogP contribution is -2.00. The maximum atomic E-state index is 9.45. The molecule has 0 amide bonds. The van der Waals surface area contributed by atoms with Gasteiger partial charge in [-0.1, -0.05) is 0 Å². The molecule has 0 aromatic carbocycles. The van der Waals surface area contributed by atoms with Crippen molar-refractivity contribution in [1.29, 1.82) is 0 Å². The zero-order chi connectivity index (χ0) is 10.8. The highest BCUT2D eigenvalue weighted by molar-refractivity contribution is 7.08. The Bertz CT molecular complexity index is 452. The van der Waals surface area contributed by atoms with Gasteiger partial charge in [-0.2, -0.15) is 11.3 Å². The lowest BCUT2D eigenvalue weighted by Gasteiger charge is -2.08. The fraction of sp³-hybridized carbons (Fsp3) is 0.273. The molecule has 0 radical (unpaired) electrons. The van der Waals surface area contributed by atoms with Crippen LogP contribution in [0.4, 0.5) is 0 Å². The molecule has 1 atom stereocenters. The quantitative estimate of drug-likeness (QED) is 0.846. The zero-order valence-electron chi connectivity index (χ0n) is 8.64. The van der Waals surface area contributed by atoms with Crippen molar-refractivity contribution >= 4 is 11.3 Å². The average molecular weight is 220 g/mol. The molecule has 3 nitrogen and oxygen atoms in total. The number of rotatable bonds is 2. The number of aryl methyl sites for hydroxylation is 1. The molecular formula is C11H12N2OS. The molecule has 1 unspecified atom stereocenters. The molecule has 2 rings (SSSR count). The van der Waals surface area contributed by atoms with Crippen molar-refractivity contribution in [3.8, 4) is 11.4 Å². The van der Waals surface area contributed by atoms with Crippen molar-refractivity contribution < 1.29 is 5.11 Å². The molecule has 0 aliphatic heterocycles. The van der Waals surface area contributed by atoms with Crippen molar-refractivity contribution in [2.24, 2.45) is 0 Å². The molecule has 2 aromatic rings. The van der Waals surface area contributed by atoms with Crippen LogP contribution in [0, 0.1) is 6.92 Å². The number of aliphatic hydroxyl groups is 1. The van der Waals surface area contributed by atoms with Gasteiger partial charge in [0, 0.05) is 28.4 Å². The smallest absolute Gasteiger partial charge is 0.160 e. The molecule has 0 spiro atoms. The maximum Gasteiger partial charge on any atom is 0.160 e. The van der Waals surface area contributed by atoms with Gasteiger partial charge in [-0.3, -0.25) is 0 Å². The van der Waals surface area contributed by atoms with E-state index in [9.17, 15) is 5.11 Å². The first-order chi connectivity index (χ1) is 7.18. The third-order valence-electron chi connectivity index (χ3n) is 2.25. The summed E-state index contributed by atoms with van der Waals surface area (Å²) in [6.07, 6.45) is 1.18. The monoisotopic (exact) mass is 220 g/mol. The summed E-state index contributed by atoms with van der Waals surface area (Å²) >= 11 is 1.62. The van der Waals surface area contributed by atoms with E-state index >= 15 is 0 Å². The molecule has 4 heteroatoms. The fourth-order valence-corrected chi connectivity index (χ4v) is 2.05. The van der Waals surface area contributed by atoms with Crippen molar-refractivity contribution in [3.63, 3.8) is 0 Å². The van der Waals surface area contributed by atoms with Crippen LogP contribution >= 0.6 is 11.3 Å². The van der Waals surface area contributed by atoms with Gasteiger partial charge < -0.3 is 5.11 Å². The van der Waals surface area contributed by atoms with E-state index in [0.717, 1.165) is 22.6 Å². The van der Waals surface area contributed by atoms with Gasteiger partial charge in [0.1, 0.15) is 0 Å². The van der Waals surface area contributed by atoms with Crippen LogP contribution in [0.15, 0.2) is 23.0 Å². The molecule has 0 saturated heterocycles. The Morgan fingerprint density at radius 1 is 1.47 bits per heavy atom. The van der Waals surface area contributed by atoms with Gasteiger partial charge in [0.2, 0.25) is 0 Å². The molecule has 0 aliphatic rings. The predicted octanol–water partition coefficient (Wildman–Crippen LogP) is 2.57. The van der Waals surface area contributed by atoms with Gasteiger partial charge in [0.15, 0.2) is 5.82 Å². The summed E-state index contributed by atoms with van der Waals surface area (Å²) in [5, 5.41) is 13.5. The molecule has 2 heterocycles. The lowest BCUT2D eigenvalue weighted by atomic mass is 10.1. The maximum absolute atomic E-state index is 9.45. The van der Waals surface area contributed by atoms with Crippen LogP contribution in [0.1, 0.15) is 24.3 Å². The molecule has 1 N–H and O–H groups in total. The summed E-state index contributed by atoms with van der Waals surface area (Å²) in [6.45, 7) is 3.61. The largest absolute Gasteiger partial charge is 0.389 e. The van der Waals surface area contributed by atoms with Gasteiger partial charge in [-0.25, -0.2) is 9.97 Å². The Morgan fingerprint density at radius 2 is 2.27 bits per heavy atom. The Balaban J connectivity index is 2.42. The molecule has 78 valence electrons. The van der Waals surface area contributed by atoms with Crippen molar-refractivity contribution in [2.45, 2.75) is 20.0 Å². The third-order valence-corrected chi connectivity index (χ3v) is 2.93. The minimum Gasteiger partial charge on any atom is -0.389 e. The first-order valence-electron chi connectivity index (χ1n) is 4.72. The van der Waals surface area contributed by atoms with Crippen LogP contribution in [0.3, 0.4) is 0 Å². The van der Waals surface area contributed by atoms with E-state index in [0.29, 0.717) is 0 Å². The number of aliphatic hydroxyl groups excluding tert-OH is 1. The SMILES string of the molecule is Cc1nc(-c2ccsc2)ncc1C(C)O. The van der Waals surface area contributed by atoms with Crippen molar-refractivity contribution in [1.82, 2.24) is 9.97 Å². The van der Waals surface area contributed by atoms with Crippen LogP contribution in [-0.4, -0.2) is 15.1 Å². The second-order valence-corrected chi connectivity index (χ2v) is 4.20. The van der Waals surface area contributed by atoms with Gasteiger partial charge >= 0.3 is 0 Å². The number of nitrogens with zero attached hydrogens (tertiary/aromatic N) is 2. The average Bonchev–Trinajstić information content (AvgIpc) is 2.69. The first-order valence-corrected chi connectivity index (χ1v) is 5.67. The van der Waals surface area contributed by atoms with Gasteiger partial charge in [-0.15, -0.1) is 0 Å². The van der Waals surface area contributed by atoms with Crippen LogP contribution in [0.5, 0.6) is 0 Å². The Hall–Kier alpha value is -1.26. The summed E-state index contributed by atoms with van der Waals surface area (Å²) < 4.78 is 0. The van der Waals surface area contributed by atoms with E-state index in [-0.39, 0.29) is 0 Å². The van der Waals surface area contributed by atoms with Gasteiger partial charge in [0.25, 0.3) is 0 Å². The fourth-order valence-electron chi connectivity index (χ4n) is 1.42. The van der Waals surface area contributed by atoms with Crippen molar-refractivity contribution in [3.05, 3.63) is 34.3 Å². The number of hydrogen-bond acceptors (Lipinski definition) is 4. The third kappa shape index (κ3) is 2.06. The Kier molecular flexibility index (Phi) is 2.79. The minimum absolute atomic E-state index is 0.512. The van der Waals surface area contributed by atoms with Crippen LogP contribution in [0.25, 0.3) is 11.4 Å². The second-order valence-electron chi connectivity index (χ2n) is 3.42. The Morgan fingerprint density at radius 3 is 2.80 bits per heavy atom. The lowest BCUT2D eigenvalue weighted by molar-refractivity contribution is 0.197. The predicted molar refractivity (Wildman–Crippen MR) is 60.7 cm³/mol. The van der Waals surface area contributed by atoms with E-state index in [4.69, 9.17) is 0 Å². The molecule has 15 heavy (non-hydrogen) atoms. The minimum atomic E-state index is -0.512. The topological polar surface area (TPSA) is 46.0 Å². The van der Waals surface area contributed by atoms with E-state index in [1.807, 2.05) is 23.8 Å². The summed E-state index contributed by atoms with van der Waals surface area (Å²) in [6, 6.07) is 1.99. The van der Waals surface area contributed by atoms with Crippen LogP contribution < -0.4 is 0 Å². The van der Waals surface area contributed by atoms with Crippen molar-refractivity contribution in [2.75, 3.05) is 0 Å². The highest BCUT2D eigenvalue weighted by Crippen LogP contribution is 2.21. The molecule has 0 aliphatic carbocycles. The summed E-state index contributed by atoms with van der Waals surface area (Å²) in [4.78, 5) is 8.61. The van der Waals surface area contributed by atoms with E-state index in [1.165, 1.54) is 0 Å². The molecule has 0 bridgehead atoms. The summed E-state index contributed by atoms with van der Waals surface area (Å²) in [5.74, 6) is 0.721. The standard InChI is InChI=1S/C11H12N2OS/c1-7-10(8(2)14)5-12-11(13-7)9-3-4-15-6-9/h3-6,8,14H,1-2H3. The van der Waals surface area contributed by atoms with E-state index < -0.39 is 6.10 Å². The number of aromatic nitrogens is 2. The highest BCUT2D eigenvalue weighted by atomic mass is 32.1. The zero-order valence-corrected chi connectivity index (χ0v) is 9.45. The van der Waals surface area contributed by atoms with Gasteiger partial charge in [0.05, 0.1) is 6.10 Å². The Labute approximate surface area is 92.5 Å². The highest BCUT2D eigenvalue weighted by Gasteiger charge is 2.09. The van der Waals surface area contributed by atoms with Crippen LogP contribution in [0.2, 0.25) is 0 Å². The molecule has 2 aromatic heterocycles. The molecule has 0 saturated carbocycles. The second kappa shape index (κ2) is 4.08. The summed E-state index contributed by atoms with van der Waals surface area (Å²) in [7, 11) is 0.